The van der Waals surface area contributed by atoms with Crippen molar-refractivity contribution in [1.29, 1.82) is 0 Å². The summed E-state index contributed by atoms with van der Waals surface area (Å²) >= 11 is 3.35. The van der Waals surface area contributed by atoms with Crippen molar-refractivity contribution < 1.29 is 18.5 Å². The summed E-state index contributed by atoms with van der Waals surface area (Å²) in [6, 6.07) is 8.76. The quantitative estimate of drug-likeness (QED) is 0.910. The molecule has 0 unspecified atom stereocenters. The van der Waals surface area contributed by atoms with Crippen LogP contribution in [-0.2, 0) is 10.4 Å². The number of benzene rings is 1. The summed E-state index contributed by atoms with van der Waals surface area (Å²) in [5, 5.41) is 14.5. The van der Waals surface area contributed by atoms with E-state index in [1.165, 1.54) is 6.07 Å². The first kappa shape index (κ1) is 10.1. The molecule has 0 saturated carbocycles. The van der Waals surface area contributed by atoms with E-state index in [0.29, 0.717) is 10.6 Å². The van der Waals surface area contributed by atoms with Crippen LogP contribution in [0.25, 0.3) is 11.3 Å². The smallest absolute Gasteiger partial charge is 0.262 e. The summed E-state index contributed by atoms with van der Waals surface area (Å²) in [6.07, 6.45) is -0.0582. The maximum atomic E-state index is 12.3. The number of rotatable bonds is 2. The molecule has 0 bridgehead atoms. The Morgan fingerprint density at radius 2 is 2.40 bits per heavy atom. The fourth-order valence-electron chi connectivity index (χ4n) is 2.19. The number of likely N-dealkylation sites (N-methyl/N-ethyl adjacent to an activating group) is 1. The van der Waals surface area contributed by atoms with Crippen molar-refractivity contribution in [2.45, 2.75) is 12.0 Å². The third kappa shape index (κ3) is 2.05. The number of nitrogens with zero attached hydrogens (tertiary/aromatic N) is 2. The molecule has 1 amide bonds. The van der Waals surface area contributed by atoms with Gasteiger partial charge in [0, 0.05) is 40.2 Å². The predicted molar refractivity (Wildman–Crippen MR) is 75.8 cm³/mol. The van der Waals surface area contributed by atoms with Crippen molar-refractivity contribution in [2.75, 3.05) is 13.5 Å². The molecule has 2 aromatic rings. The second-order valence-electron chi connectivity index (χ2n) is 4.65. The highest BCUT2D eigenvalue weighted by Gasteiger charge is 2.48. The van der Waals surface area contributed by atoms with Gasteiger partial charge in [0.25, 0.3) is 5.91 Å². The first-order valence-electron chi connectivity index (χ1n) is 7.49. The first-order chi connectivity index (χ1) is 10.7. The lowest BCUT2D eigenvalue weighted by atomic mass is 9.98. The van der Waals surface area contributed by atoms with Crippen LogP contribution in [-0.4, -0.2) is 34.6 Å². The van der Waals surface area contributed by atoms with E-state index >= 15 is 0 Å². The molecule has 3 rings (SSSR count). The van der Waals surface area contributed by atoms with Crippen molar-refractivity contribution in [3.63, 3.8) is 0 Å². The largest absolute Gasteiger partial charge is 0.373 e. The minimum Gasteiger partial charge on any atom is -0.373 e. The molecule has 1 aliphatic rings. The number of carbonyl (C=O) groups excluding carboxylic acids is 1. The minimum atomic E-state index is -2.59. The molecule has 1 N–H and O–H groups in total. The van der Waals surface area contributed by atoms with Crippen LogP contribution >= 0.6 is 15.9 Å². The van der Waals surface area contributed by atoms with Gasteiger partial charge in [-0.1, -0.05) is 33.2 Å². The van der Waals surface area contributed by atoms with Crippen LogP contribution in [0.5, 0.6) is 0 Å². The number of aliphatic hydroxyl groups is 1. The molecule has 1 aliphatic heterocycles. The minimum absolute atomic E-state index is 0.0516. The Bertz CT molecular complexity index is 762. The molecule has 20 heavy (non-hydrogen) atoms. The average Bonchev–Trinajstić information content (AvgIpc) is 3.05. The zero-order chi connectivity index (χ0) is 16.8. The van der Waals surface area contributed by atoms with Gasteiger partial charge in [-0.2, -0.15) is 0 Å². The van der Waals surface area contributed by atoms with E-state index in [9.17, 15) is 9.90 Å². The van der Waals surface area contributed by atoms with Gasteiger partial charge < -0.3 is 14.5 Å². The highest BCUT2D eigenvalue weighted by Crippen LogP contribution is 2.34. The van der Waals surface area contributed by atoms with Crippen LogP contribution in [0.2, 0.25) is 0 Å². The van der Waals surface area contributed by atoms with Gasteiger partial charge in [-0.05, 0) is 12.1 Å². The molecule has 1 aromatic heterocycles. The van der Waals surface area contributed by atoms with Gasteiger partial charge in [-0.3, -0.25) is 4.79 Å². The maximum Gasteiger partial charge on any atom is 0.262 e. The number of hydrogen-bond donors (Lipinski definition) is 1. The Hall–Kier alpha value is -1.66. The number of halogens is 1. The van der Waals surface area contributed by atoms with Crippen LogP contribution in [0.15, 0.2) is 39.3 Å². The number of hydrogen-bond acceptors (Lipinski definition) is 4. The lowest BCUT2D eigenvalue weighted by molar-refractivity contribution is -0.144. The standard InChI is InChI=1S/C14H13BrN2O3/c1-17-6-5-14(19,13(17)18)12-8-11(16-20-12)9-3-2-4-10(15)7-9/h2-4,7-8,19H,5-6H2,1H3/t14-/m1/s1/i1D3. The lowest BCUT2D eigenvalue weighted by Crippen LogP contribution is -2.35. The molecule has 1 saturated heterocycles. The van der Waals surface area contributed by atoms with E-state index in [4.69, 9.17) is 8.64 Å². The summed E-state index contributed by atoms with van der Waals surface area (Å²) in [6.45, 7) is -2.66. The van der Waals surface area contributed by atoms with Gasteiger partial charge in [0.1, 0.15) is 5.69 Å². The Morgan fingerprint density at radius 1 is 1.55 bits per heavy atom. The molecular weight excluding hydrogens is 324 g/mol. The van der Waals surface area contributed by atoms with Crippen LogP contribution in [0.3, 0.4) is 0 Å². The van der Waals surface area contributed by atoms with Crippen molar-refractivity contribution in [3.8, 4) is 11.3 Å². The second-order valence-corrected chi connectivity index (χ2v) is 5.57. The molecule has 0 radical (unpaired) electrons. The summed E-state index contributed by atoms with van der Waals surface area (Å²) in [5.41, 5.74) is -0.794. The van der Waals surface area contributed by atoms with Crippen LogP contribution < -0.4 is 0 Å². The van der Waals surface area contributed by atoms with Gasteiger partial charge in [0.2, 0.25) is 5.60 Å². The van der Waals surface area contributed by atoms with Crippen molar-refractivity contribution >= 4 is 21.8 Å². The molecule has 0 aliphatic carbocycles. The zero-order valence-corrected chi connectivity index (χ0v) is 11.9. The number of amides is 1. The van der Waals surface area contributed by atoms with E-state index in [1.807, 2.05) is 24.3 Å². The van der Waals surface area contributed by atoms with Gasteiger partial charge in [0.05, 0.1) is 0 Å². The SMILES string of the molecule is [2H]C([2H])([2H])N1CC[C@@](O)(c2cc(-c3cccc(Br)c3)no2)C1=O. The third-order valence-electron chi connectivity index (χ3n) is 3.33. The van der Waals surface area contributed by atoms with Crippen LogP contribution in [0, 0.1) is 0 Å². The average molecular weight is 340 g/mol. The lowest BCUT2D eigenvalue weighted by Gasteiger charge is -2.16. The van der Waals surface area contributed by atoms with Crippen molar-refractivity contribution in [3.05, 3.63) is 40.6 Å². The highest BCUT2D eigenvalue weighted by molar-refractivity contribution is 9.10. The molecule has 2 heterocycles. The van der Waals surface area contributed by atoms with Gasteiger partial charge in [-0.25, -0.2) is 0 Å². The molecule has 5 nitrogen and oxygen atoms in total. The Kier molecular flexibility index (Phi) is 2.39. The number of aromatic nitrogens is 1. The van der Waals surface area contributed by atoms with Gasteiger partial charge in [-0.15, -0.1) is 0 Å². The molecular formula is C14H13BrN2O3. The summed E-state index contributed by atoms with van der Waals surface area (Å²) < 4.78 is 28.0. The van der Waals surface area contributed by atoms with Gasteiger partial charge >= 0.3 is 0 Å². The summed E-state index contributed by atoms with van der Waals surface area (Å²) in [4.78, 5) is 13.0. The predicted octanol–water partition coefficient (Wildman–Crippen LogP) is 2.15. The summed E-state index contributed by atoms with van der Waals surface area (Å²) in [5.74, 6) is -0.946. The first-order valence-corrected chi connectivity index (χ1v) is 6.79. The molecule has 1 atom stereocenters. The molecule has 1 aromatic carbocycles. The molecule has 1 fully saturated rings. The number of carbonyl (C=O) groups is 1. The Morgan fingerprint density at radius 3 is 3.10 bits per heavy atom. The Labute approximate surface area is 128 Å². The Balaban J connectivity index is 1.93. The van der Waals surface area contributed by atoms with E-state index in [-0.39, 0.29) is 18.7 Å². The van der Waals surface area contributed by atoms with E-state index in [0.717, 1.165) is 10.0 Å². The van der Waals surface area contributed by atoms with Crippen molar-refractivity contribution in [1.82, 2.24) is 10.1 Å². The normalized spacial score (nSPS) is 25.4. The van der Waals surface area contributed by atoms with Crippen LogP contribution in [0.1, 0.15) is 16.3 Å². The zero-order valence-electron chi connectivity index (χ0n) is 13.3. The maximum absolute atomic E-state index is 12.3. The van der Waals surface area contributed by atoms with Gasteiger partial charge in [0.15, 0.2) is 5.76 Å². The second kappa shape index (κ2) is 4.71. The topological polar surface area (TPSA) is 66.6 Å². The molecule has 6 heteroatoms. The highest BCUT2D eigenvalue weighted by atomic mass is 79.9. The summed E-state index contributed by atoms with van der Waals surface area (Å²) in [7, 11) is 0. The molecule has 104 valence electrons. The number of likely N-dealkylation sites (tertiary alicyclic amines) is 1. The van der Waals surface area contributed by atoms with E-state index in [1.54, 1.807) is 0 Å². The monoisotopic (exact) mass is 339 g/mol. The molecule has 0 spiro atoms. The third-order valence-corrected chi connectivity index (χ3v) is 3.83. The van der Waals surface area contributed by atoms with E-state index in [2.05, 4.69) is 21.1 Å². The fourth-order valence-corrected chi connectivity index (χ4v) is 2.59. The fraction of sp³-hybridized carbons (Fsp3) is 0.286. The van der Waals surface area contributed by atoms with E-state index < -0.39 is 18.5 Å². The van der Waals surface area contributed by atoms with Crippen LogP contribution in [0.4, 0.5) is 0 Å². The van der Waals surface area contributed by atoms with Crippen molar-refractivity contribution in [2.24, 2.45) is 0 Å².